The van der Waals surface area contributed by atoms with Gasteiger partial charge in [0, 0.05) is 6.16 Å². The smallest absolute Gasteiger partial charge is 0.414 e. The van der Waals surface area contributed by atoms with E-state index >= 15 is 0 Å². The van der Waals surface area contributed by atoms with Crippen LogP contribution in [0.5, 0.6) is 0 Å². The van der Waals surface area contributed by atoms with Gasteiger partial charge in [0.25, 0.3) is 0 Å². The van der Waals surface area contributed by atoms with E-state index in [0.717, 1.165) is 6.16 Å². The summed E-state index contributed by atoms with van der Waals surface area (Å²) in [5, 5.41) is 3.67. The Labute approximate surface area is 129 Å². The van der Waals surface area contributed by atoms with Crippen LogP contribution in [0, 0.1) is 5.82 Å². The molecule has 0 N–H and O–H groups in total. The minimum atomic E-state index is -0.414. The predicted octanol–water partition coefficient (Wildman–Crippen LogP) is 2.24. The molecule has 118 valence electrons. The molecule has 0 saturated carbocycles. The minimum absolute atomic E-state index is 0.107. The van der Waals surface area contributed by atoms with Gasteiger partial charge in [-0.3, -0.25) is 4.90 Å². The van der Waals surface area contributed by atoms with Crippen LogP contribution in [0.3, 0.4) is 0 Å². The zero-order chi connectivity index (χ0) is 15.5. The highest BCUT2D eigenvalue weighted by atomic mass is 31.1. The topological polar surface area (TPSA) is 54.4 Å². The van der Waals surface area contributed by atoms with Gasteiger partial charge in [-0.1, -0.05) is 5.16 Å². The fraction of sp³-hybridized carbons (Fsp3) is 0.429. The first-order valence-electron chi connectivity index (χ1n) is 7.03. The number of rotatable bonds is 4. The van der Waals surface area contributed by atoms with Crippen LogP contribution >= 0.6 is 8.58 Å². The molecule has 0 spiro atoms. The van der Waals surface area contributed by atoms with Crippen molar-refractivity contribution in [1.82, 2.24) is 0 Å². The number of carbonyl (C=O) groups excluding carboxylic acids is 1. The van der Waals surface area contributed by atoms with E-state index in [2.05, 4.69) is 11.8 Å². The summed E-state index contributed by atoms with van der Waals surface area (Å²) in [7, 11) is 0.716. The molecule has 0 radical (unpaired) electrons. The molecule has 22 heavy (non-hydrogen) atoms. The molecule has 1 saturated heterocycles. The first-order valence-corrected chi connectivity index (χ1v) is 8.74. The van der Waals surface area contributed by atoms with E-state index in [0.29, 0.717) is 39.7 Å². The van der Waals surface area contributed by atoms with Crippen molar-refractivity contribution in [3.8, 4) is 0 Å². The van der Waals surface area contributed by atoms with E-state index in [1.54, 1.807) is 17.0 Å². The Balaban J connectivity index is 1.78. The molecule has 2 aliphatic heterocycles. The average Bonchev–Trinajstić information content (AvgIpc) is 2.89. The fourth-order valence-corrected chi connectivity index (χ4v) is 3.15. The van der Waals surface area contributed by atoms with Crippen LogP contribution in [0.4, 0.5) is 20.6 Å². The summed E-state index contributed by atoms with van der Waals surface area (Å²) in [4.78, 5) is 19.9. The van der Waals surface area contributed by atoms with Gasteiger partial charge < -0.3 is 14.5 Å². The van der Waals surface area contributed by atoms with Gasteiger partial charge in [0.2, 0.25) is 0 Å². The fourth-order valence-electron chi connectivity index (χ4n) is 2.49. The molecule has 0 bridgehead atoms. The summed E-state index contributed by atoms with van der Waals surface area (Å²) in [6, 6.07) is 4.72. The van der Waals surface area contributed by atoms with Crippen molar-refractivity contribution in [1.29, 1.82) is 0 Å². The molecule has 2 aliphatic rings. The first-order chi connectivity index (χ1) is 10.7. The van der Waals surface area contributed by atoms with Crippen LogP contribution < -0.4 is 9.80 Å². The van der Waals surface area contributed by atoms with Gasteiger partial charge in [-0.05, 0) is 24.9 Å². The largest absolute Gasteiger partial charge is 0.444 e. The van der Waals surface area contributed by atoms with E-state index in [4.69, 9.17) is 9.57 Å². The lowest BCUT2D eigenvalue weighted by molar-refractivity contribution is 0.144. The highest BCUT2D eigenvalue weighted by molar-refractivity contribution is 7.37. The second-order valence-electron chi connectivity index (χ2n) is 5.06. The van der Waals surface area contributed by atoms with Gasteiger partial charge in [0.05, 0.1) is 24.5 Å². The number of hydrogen-bond donors (Lipinski definition) is 0. The number of nitrogens with zero attached hydrogens (tertiary/aromatic N) is 3. The standard InChI is InChI=1S/C14H17FN3O3P/c1-22-8-11-7-18(14(19)21-11)10-2-3-13(12(15)6-10)17-4-5-20-16-9-17/h2-3,6,9,11,22H,4-5,7-8H2,1H3. The van der Waals surface area contributed by atoms with Gasteiger partial charge in [-0.15, -0.1) is 8.58 Å². The summed E-state index contributed by atoms with van der Waals surface area (Å²) in [6.07, 6.45) is 1.77. The maximum atomic E-state index is 14.3. The van der Waals surface area contributed by atoms with Crippen LogP contribution in [0.25, 0.3) is 0 Å². The number of anilines is 2. The normalized spacial score (nSPS) is 21.5. The van der Waals surface area contributed by atoms with Crippen molar-refractivity contribution in [3.63, 3.8) is 0 Å². The second kappa shape index (κ2) is 6.48. The Morgan fingerprint density at radius 3 is 3.05 bits per heavy atom. The molecular weight excluding hydrogens is 308 g/mol. The van der Waals surface area contributed by atoms with Crippen molar-refractivity contribution < 1.29 is 18.8 Å². The number of benzene rings is 1. The Bertz CT molecular complexity index is 599. The number of ether oxygens (including phenoxy) is 1. The Hall–Kier alpha value is -1.88. The summed E-state index contributed by atoms with van der Waals surface area (Å²) in [6.45, 7) is 3.48. The van der Waals surface area contributed by atoms with E-state index in [1.807, 2.05) is 0 Å². The monoisotopic (exact) mass is 325 g/mol. The second-order valence-corrected chi connectivity index (χ2v) is 6.17. The van der Waals surface area contributed by atoms with E-state index in [-0.39, 0.29) is 6.10 Å². The summed E-state index contributed by atoms with van der Waals surface area (Å²) < 4.78 is 19.6. The molecule has 2 atom stereocenters. The maximum absolute atomic E-state index is 14.3. The van der Waals surface area contributed by atoms with Crippen LogP contribution in [0.1, 0.15) is 0 Å². The average molecular weight is 325 g/mol. The highest BCUT2D eigenvalue weighted by Gasteiger charge is 2.32. The number of cyclic esters (lactones) is 1. The number of carbonyl (C=O) groups is 1. The van der Waals surface area contributed by atoms with Crippen LogP contribution in [0.15, 0.2) is 23.4 Å². The number of hydrogen-bond acceptors (Lipinski definition) is 5. The van der Waals surface area contributed by atoms with Crippen molar-refractivity contribution in [2.75, 3.05) is 42.3 Å². The van der Waals surface area contributed by atoms with Gasteiger partial charge in [-0.25, -0.2) is 9.18 Å². The van der Waals surface area contributed by atoms with Crippen molar-refractivity contribution >= 4 is 32.4 Å². The molecule has 0 aliphatic carbocycles. The quantitative estimate of drug-likeness (QED) is 0.797. The van der Waals surface area contributed by atoms with E-state index < -0.39 is 11.9 Å². The SMILES string of the molecule is CPCC1CN(c2ccc(N3C=NOCC3)c(F)c2)C(=O)O1. The third-order valence-electron chi connectivity index (χ3n) is 3.54. The van der Waals surface area contributed by atoms with Crippen molar-refractivity contribution in [2.45, 2.75) is 6.10 Å². The summed E-state index contributed by atoms with van der Waals surface area (Å²) >= 11 is 0. The molecule has 8 heteroatoms. The molecule has 1 fully saturated rings. The van der Waals surface area contributed by atoms with Crippen LogP contribution in [-0.2, 0) is 9.57 Å². The highest BCUT2D eigenvalue weighted by Crippen LogP contribution is 2.28. The first kappa shape index (κ1) is 15.0. The van der Waals surface area contributed by atoms with Crippen LogP contribution in [0.2, 0.25) is 0 Å². The minimum Gasteiger partial charge on any atom is -0.444 e. The Kier molecular flexibility index (Phi) is 4.43. The molecule has 1 aromatic carbocycles. The van der Waals surface area contributed by atoms with E-state index in [1.165, 1.54) is 17.3 Å². The molecule has 1 aromatic rings. The third kappa shape index (κ3) is 2.99. The molecule has 2 heterocycles. The Morgan fingerprint density at radius 2 is 2.36 bits per heavy atom. The van der Waals surface area contributed by atoms with Crippen molar-refractivity contribution in [2.24, 2.45) is 5.16 Å². The summed E-state index contributed by atoms with van der Waals surface area (Å²) in [5.74, 6) is -0.403. The lowest BCUT2D eigenvalue weighted by atomic mass is 10.2. The predicted molar refractivity (Wildman–Crippen MR) is 84.9 cm³/mol. The zero-order valence-electron chi connectivity index (χ0n) is 12.2. The van der Waals surface area contributed by atoms with Gasteiger partial charge in [0.15, 0.2) is 0 Å². The number of amides is 1. The van der Waals surface area contributed by atoms with Crippen LogP contribution in [-0.4, -0.2) is 51.1 Å². The molecule has 3 rings (SSSR count). The summed E-state index contributed by atoms with van der Waals surface area (Å²) in [5.41, 5.74) is 0.924. The molecular formula is C14H17FN3O3P. The molecule has 0 aromatic heterocycles. The molecule has 2 unspecified atom stereocenters. The lowest BCUT2D eigenvalue weighted by Crippen LogP contribution is -2.30. The molecule has 1 amide bonds. The number of halogens is 1. The number of oxime groups is 1. The molecule has 6 nitrogen and oxygen atoms in total. The lowest BCUT2D eigenvalue weighted by Gasteiger charge is -2.23. The Morgan fingerprint density at radius 1 is 1.50 bits per heavy atom. The van der Waals surface area contributed by atoms with Gasteiger partial charge in [-0.2, -0.15) is 0 Å². The third-order valence-corrected chi connectivity index (χ3v) is 4.41. The van der Waals surface area contributed by atoms with Gasteiger partial charge >= 0.3 is 6.09 Å². The van der Waals surface area contributed by atoms with Gasteiger partial charge in [0.1, 0.15) is 24.9 Å². The zero-order valence-corrected chi connectivity index (χ0v) is 13.2. The maximum Gasteiger partial charge on any atom is 0.414 e. The van der Waals surface area contributed by atoms with Crippen molar-refractivity contribution in [3.05, 3.63) is 24.0 Å². The van der Waals surface area contributed by atoms with E-state index in [9.17, 15) is 9.18 Å².